The molecule has 21 heavy (non-hydrogen) atoms. The molecule has 3 heteroatoms. The summed E-state index contributed by atoms with van der Waals surface area (Å²) in [6, 6.07) is 14.5. The van der Waals surface area contributed by atoms with Gasteiger partial charge in [0.25, 0.3) is 5.91 Å². The minimum absolute atomic E-state index is 0.115. The SMILES string of the molecule is C[C@@H]1Cc2ccccc2N1C(=O)/C=C/c1ccccc1F. The molecule has 2 nitrogen and oxygen atoms in total. The van der Waals surface area contributed by atoms with Gasteiger partial charge in [-0.2, -0.15) is 0 Å². The number of hydrogen-bond acceptors (Lipinski definition) is 1. The molecule has 0 spiro atoms. The fourth-order valence-corrected chi connectivity index (χ4v) is 2.75. The normalized spacial score (nSPS) is 17.2. The molecule has 1 aliphatic rings. The molecule has 2 aromatic rings. The summed E-state index contributed by atoms with van der Waals surface area (Å²) in [7, 11) is 0. The van der Waals surface area contributed by atoms with Crippen molar-refractivity contribution in [2.24, 2.45) is 0 Å². The number of amides is 1. The van der Waals surface area contributed by atoms with Crippen LogP contribution in [0.25, 0.3) is 6.08 Å². The zero-order valence-electron chi connectivity index (χ0n) is 11.8. The third-order valence-electron chi connectivity index (χ3n) is 3.76. The van der Waals surface area contributed by atoms with Gasteiger partial charge < -0.3 is 4.90 Å². The highest BCUT2D eigenvalue weighted by molar-refractivity contribution is 6.05. The van der Waals surface area contributed by atoms with E-state index in [-0.39, 0.29) is 17.8 Å². The molecule has 0 radical (unpaired) electrons. The van der Waals surface area contributed by atoms with Crippen LogP contribution >= 0.6 is 0 Å². The van der Waals surface area contributed by atoms with Crippen molar-refractivity contribution in [3.05, 3.63) is 71.6 Å². The third kappa shape index (κ3) is 2.59. The van der Waals surface area contributed by atoms with Gasteiger partial charge in [0.1, 0.15) is 5.82 Å². The molecular weight excluding hydrogens is 265 g/mol. The average Bonchev–Trinajstić information content (AvgIpc) is 2.82. The van der Waals surface area contributed by atoms with Crippen LogP contribution in [0.3, 0.4) is 0 Å². The molecule has 0 fully saturated rings. The Kier molecular flexibility index (Phi) is 3.57. The molecule has 3 rings (SSSR count). The fraction of sp³-hybridized carbons (Fsp3) is 0.167. The molecule has 1 heterocycles. The van der Waals surface area contributed by atoms with Crippen molar-refractivity contribution in [1.29, 1.82) is 0 Å². The Morgan fingerprint density at radius 1 is 1.19 bits per heavy atom. The van der Waals surface area contributed by atoms with E-state index in [1.807, 2.05) is 31.2 Å². The fourth-order valence-electron chi connectivity index (χ4n) is 2.75. The molecule has 0 saturated carbocycles. The summed E-state index contributed by atoms with van der Waals surface area (Å²) < 4.78 is 13.6. The van der Waals surface area contributed by atoms with Crippen LogP contribution in [0.5, 0.6) is 0 Å². The number of benzene rings is 2. The second-order valence-corrected chi connectivity index (χ2v) is 5.24. The Bertz CT molecular complexity index is 708. The van der Waals surface area contributed by atoms with Crippen LogP contribution in [-0.4, -0.2) is 11.9 Å². The second kappa shape index (κ2) is 5.52. The number of fused-ring (bicyclic) bond motifs is 1. The molecule has 0 N–H and O–H groups in total. The highest BCUT2D eigenvalue weighted by Gasteiger charge is 2.29. The first kappa shape index (κ1) is 13.6. The zero-order chi connectivity index (χ0) is 14.8. The number of rotatable bonds is 2. The number of nitrogens with zero attached hydrogens (tertiary/aromatic N) is 1. The van der Waals surface area contributed by atoms with E-state index in [0.717, 1.165) is 12.1 Å². The van der Waals surface area contributed by atoms with Gasteiger partial charge in [0, 0.05) is 23.4 Å². The van der Waals surface area contributed by atoms with E-state index >= 15 is 0 Å². The van der Waals surface area contributed by atoms with Gasteiger partial charge in [-0.25, -0.2) is 4.39 Å². The molecule has 1 aliphatic heterocycles. The molecule has 106 valence electrons. The van der Waals surface area contributed by atoms with Crippen LogP contribution in [0.4, 0.5) is 10.1 Å². The summed E-state index contributed by atoms with van der Waals surface area (Å²) >= 11 is 0. The van der Waals surface area contributed by atoms with Gasteiger partial charge in [-0.3, -0.25) is 4.79 Å². The minimum Gasteiger partial charge on any atom is -0.305 e. The van der Waals surface area contributed by atoms with Crippen molar-refractivity contribution in [1.82, 2.24) is 0 Å². The number of halogens is 1. The molecule has 1 amide bonds. The van der Waals surface area contributed by atoms with E-state index in [9.17, 15) is 9.18 Å². The molecule has 2 aromatic carbocycles. The topological polar surface area (TPSA) is 20.3 Å². The first-order chi connectivity index (χ1) is 10.2. The van der Waals surface area contributed by atoms with E-state index in [4.69, 9.17) is 0 Å². The Morgan fingerprint density at radius 2 is 1.90 bits per heavy atom. The van der Waals surface area contributed by atoms with Crippen molar-refractivity contribution >= 4 is 17.7 Å². The standard InChI is InChI=1S/C18H16FNO/c1-13-12-15-7-3-5-9-17(15)20(13)18(21)11-10-14-6-2-4-8-16(14)19/h2-11,13H,12H2,1H3/b11-10+/t13-/m1/s1. The lowest BCUT2D eigenvalue weighted by Crippen LogP contribution is -2.34. The van der Waals surface area contributed by atoms with Crippen LogP contribution in [0.2, 0.25) is 0 Å². The molecule has 0 bridgehead atoms. The van der Waals surface area contributed by atoms with Gasteiger partial charge in [-0.05, 0) is 37.1 Å². The lowest BCUT2D eigenvalue weighted by Gasteiger charge is -2.20. The van der Waals surface area contributed by atoms with E-state index in [1.54, 1.807) is 23.1 Å². The summed E-state index contributed by atoms with van der Waals surface area (Å²) in [5.41, 5.74) is 2.55. The molecule has 0 saturated heterocycles. The predicted octanol–water partition coefficient (Wildman–Crippen LogP) is 3.82. The van der Waals surface area contributed by atoms with Crippen LogP contribution in [0.1, 0.15) is 18.1 Å². The van der Waals surface area contributed by atoms with Crippen molar-refractivity contribution in [3.63, 3.8) is 0 Å². The molecule has 0 unspecified atom stereocenters. The Labute approximate surface area is 123 Å². The average molecular weight is 281 g/mol. The summed E-state index contributed by atoms with van der Waals surface area (Å²) in [4.78, 5) is 14.2. The predicted molar refractivity (Wildman–Crippen MR) is 82.5 cm³/mol. The van der Waals surface area contributed by atoms with Crippen molar-refractivity contribution in [3.8, 4) is 0 Å². The quantitative estimate of drug-likeness (QED) is 0.766. The number of carbonyl (C=O) groups excluding carboxylic acids is 1. The van der Waals surface area contributed by atoms with E-state index in [1.165, 1.54) is 23.8 Å². The van der Waals surface area contributed by atoms with Crippen LogP contribution in [-0.2, 0) is 11.2 Å². The number of para-hydroxylation sites is 1. The summed E-state index contributed by atoms with van der Waals surface area (Å²) in [6.45, 7) is 2.02. The minimum atomic E-state index is -0.323. The smallest absolute Gasteiger partial charge is 0.251 e. The number of anilines is 1. The maximum absolute atomic E-state index is 13.6. The molecular formula is C18H16FNO. The zero-order valence-corrected chi connectivity index (χ0v) is 11.8. The van der Waals surface area contributed by atoms with Gasteiger partial charge in [-0.1, -0.05) is 36.4 Å². The number of carbonyl (C=O) groups is 1. The lowest BCUT2D eigenvalue weighted by molar-refractivity contribution is -0.114. The number of hydrogen-bond donors (Lipinski definition) is 0. The second-order valence-electron chi connectivity index (χ2n) is 5.24. The van der Waals surface area contributed by atoms with Crippen molar-refractivity contribution in [2.45, 2.75) is 19.4 Å². The lowest BCUT2D eigenvalue weighted by atomic mass is 10.1. The van der Waals surface area contributed by atoms with E-state index < -0.39 is 0 Å². The monoisotopic (exact) mass is 281 g/mol. The highest BCUT2D eigenvalue weighted by atomic mass is 19.1. The van der Waals surface area contributed by atoms with Gasteiger partial charge in [0.15, 0.2) is 0 Å². The van der Waals surface area contributed by atoms with E-state index in [2.05, 4.69) is 0 Å². The summed E-state index contributed by atoms with van der Waals surface area (Å²) in [5, 5.41) is 0. The van der Waals surface area contributed by atoms with Crippen LogP contribution in [0.15, 0.2) is 54.6 Å². The summed E-state index contributed by atoms with van der Waals surface area (Å²) in [6.07, 6.45) is 3.83. The van der Waals surface area contributed by atoms with E-state index in [0.29, 0.717) is 5.56 Å². The Hall–Kier alpha value is -2.42. The maximum Gasteiger partial charge on any atom is 0.251 e. The van der Waals surface area contributed by atoms with Crippen molar-refractivity contribution in [2.75, 3.05) is 4.90 Å². The molecule has 0 aliphatic carbocycles. The largest absolute Gasteiger partial charge is 0.305 e. The van der Waals surface area contributed by atoms with Gasteiger partial charge in [0.05, 0.1) is 0 Å². The van der Waals surface area contributed by atoms with Gasteiger partial charge >= 0.3 is 0 Å². The first-order valence-corrected chi connectivity index (χ1v) is 7.00. The molecule has 0 aromatic heterocycles. The first-order valence-electron chi connectivity index (χ1n) is 7.00. The third-order valence-corrected chi connectivity index (χ3v) is 3.76. The molecule has 1 atom stereocenters. The maximum atomic E-state index is 13.6. The van der Waals surface area contributed by atoms with Gasteiger partial charge in [0.2, 0.25) is 0 Å². The Balaban J connectivity index is 1.85. The highest BCUT2D eigenvalue weighted by Crippen LogP contribution is 2.32. The van der Waals surface area contributed by atoms with Gasteiger partial charge in [-0.15, -0.1) is 0 Å². The Morgan fingerprint density at radius 3 is 2.71 bits per heavy atom. The summed E-state index contributed by atoms with van der Waals surface area (Å²) in [5.74, 6) is -0.438. The van der Waals surface area contributed by atoms with Crippen LogP contribution < -0.4 is 4.90 Å². The van der Waals surface area contributed by atoms with Crippen LogP contribution in [0, 0.1) is 5.82 Å². The van der Waals surface area contributed by atoms with Crippen molar-refractivity contribution < 1.29 is 9.18 Å².